The average Bonchev–Trinajstić information content (AvgIpc) is 2.98. The van der Waals surface area contributed by atoms with E-state index in [9.17, 15) is 13.2 Å². The van der Waals surface area contributed by atoms with Crippen molar-refractivity contribution in [3.63, 3.8) is 0 Å². The predicted octanol–water partition coefficient (Wildman–Crippen LogP) is 0.613. The summed E-state index contributed by atoms with van der Waals surface area (Å²) in [5, 5.41) is 0. The summed E-state index contributed by atoms with van der Waals surface area (Å²) in [5.41, 5.74) is 0. The van der Waals surface area contributed by atoms with Gasteiger partial charge in [-0.15, -0.1) is 0 Å². The largest absolute Gasteiger partial charge is 0.340 e. The van der Waals surface area contributed by atoms with Crippen molar-refractivity contribution in [1.82, 2.24) is 13.5 Å². The molecule has 0 bridgehead atoms. The van der Waals surface area contributed by atoms with Gasteiger partial charge >= 0.3 is 0 Å². The first-order valence-electron chi connectivity index (χ1n) is 7.65. The quantitative estimate of drug-likeness (QED) is 0.739. The lowest BCUT2D eigenvalue weighted by molar-refractivity contribution is -0.134. The highest BCUT2D eigenvalue weighted by Crippen LogP contribution is 2.25. The minimum Gasteiger partial charge on any atom is -0.340 e. The van der Waals surface area contributed by atoms with E-state index in [2.05, 4.69) is 0 Å². The van der Waals surface area contributed by atoms with E-state index in [1.165, 1.54) is 8.61 Å². The highest BCUT2D eigenvalue weighted by molar-refractivity contribution is 7.99. The Kier molecular flexibility index (Phi) is 5.93. The summed E-state index contributed by atoms with van der Waals surface area (Å²) in [6.45, 7) is 6.47. The van der Waals surface area contributed by atoms with Crippen LogP contribution in [0.25, 0.3) is 0 Å². The number of carbonyl (C=O) groups excluding carboxylic acids is 1. The molecule has 0 aromatic heterocycles. The molecule has 2 saturated heterocycles. The fourth-order valence-corrected chi connectivity index (χ4v) is 5.69. The standard InChI is InChI=1S/C13H25N3O3S2/c1-3-15(4-2)21(18,19)16-7-5-6-12(16)13(17)14-8-10-20-11-9-14/h12H,3-11H2,1-2H3/t12-/m1/s1. The van der Waals surface area contributed by atoms with Gasteiger partial charge in [-0.25, -0.2) is 0 Å². The van der Waals surface area contributed by atoms with Crippen LogP contribution in [0.15, 0.2) is 0 Å². The molecule has 1 amide bonds. The summed E-state index contributed by atoms with van der Waals surface area (Å²) in [5.74, 6) is 1.88. The summed E-state index contributed by atoms with van der Waals surface area (Å²) in [6.07, 6.45) is 1.41. The summed E-state index contributed by atoms with van der Waals surface area (Å²) in [7, 11) is -3.52. The van der Waals surface area contributed by atoms with Gasteiger partial charge < -0.3 is 4.90 Å². The Balaban J connectivity index is 2.14. The van der Waals surface area contributed by atoms with Gasteiger partial charge in [0.1, 0.15) is 6.04 Å². The third kappa shape index (κ3) is 3.55. The lowest BCUT2D eigenvalue weighted by Gasteiger charge is -2.33. The molecule has 0 spiro atoms. The van der Waals surface area contributed by atoms with E-state index in [-0.39, 0.29) is 5.91 Å². The Bertz CT molecular complexity index is 459. The zero-order chi connectivity index (χ0) is 15.5. The Morgan fingerprint density at radius 1 is 1.19 bits per heavy atom. The predicted molar refractivity (Wildman–Crippen MR) is 85.5 cm³/mol. The first-order chi connectivity index (χ1) is 10.0. The monoisotopic (exact) mass is 335 g/mol. The summed E-state index contributed by atoms with van der Waals surface area (Å²) in [4.78, 5) is 14.5. The smallest absolute Gasteiger partial charge is 0.282 e. The summed E-state index contributed by atoms with van der Waals surface area (Å²) < 4.78 is 28.2. The molecule has 0 aliphatic carbocycles. The van der Waals surface area contributed by atoms with Gasteiger partial charge in [-0.2, -0.15) is 28.8 Å². The number of amides is 1. The van der Waals surface area contributed by atoms with Gasteiger partial charge in [-0.3, -0.25) is 4.79 Å². The number of hydrogen-bond donors (Lipinski definition) is 0. The molecule has 0 N–H and O–H groups in total. The second kappa shape index (κ2) is 7.30. The van der Waals surface area contributed by atoms with Crippen LogP contribution in [0.4, 0.5) is 0 Å². The van der Waals surface area contributed by atoms with Gasteiger partial charge in [0.15, 0.2) is 0 Å². The van der Waals surface area contributed by atoms with Gasteiger partial charge in [0.25, 0.3) is 10.2 Å². The lowest BCUT2D eigenvalue weighted by Crippen LogP contribution is -2.53. The van der Waals surface area contributed by atoms with E-state index in [4.69, 9.17) is 0 Å². The van der Waals surface area contributed by atoms with Crippen molar-refractivity contribution in [2.75, 3.05) is 44.2 Å². The minimum atomic E-state index is -3.52. The first-order valence-corrected chi connectivity index (χ1v) is 10.2. The molecule has 2 fully saturated rings. The number of rotatable bonds is 5. The molecular weight excluding hydrogens is 310 g/mol. The molecule has 8 heteroatoms. The van der Waals surface area contributed by atoms with Gasteiger partial charge in [-0.05, 0) is 12.8 Å². The van der Waals surface area contributed by atoms with Crippen molar-refractivity contribution < 1.29 is 13.2 Å². The van der Waals surface area contributed by atoms with Crippen molar-refractivity contribution >= 4 is 27.9 Å². The van der Waals surface area contributed by atoms with E-state index in [1.807, 2.05) is 30.5 Å². The fourth-order valence-electron chi connectivity index (χ4n) is 2.96. The molecule has 0 aromatic carbocycles. The molecule has 0 unspecified atom stereocenters. The van der Waals surface area contributed by atoms with Crippen LogP contribution in [0.5, 0.6) is 0 Å². The molecule has 2 aliphatic rings. The van der Waals surface area contributed by atoms with E-state index >= 15 is 0 Å². The Morgan fingerprint density at radius 2 is 1.81 bits per heavy atom. The van der Waals surface area contributed by atoms with Crippen molar-refractivity contribution in [1.29, 1.82) is 0 Å². The average molecular weight is 335 g/mol. The third-order valence-corrected chi connectivity index (χ3v) is 7.28. The van der Waals surface area contributed by atoms with Crippen LogP contribution in [-0.2, 0) is 15.0 Å². The van der Waals surface area contributed by atoms with Crippen LogP contribution in [-0.4, -0.2) is 78.1 Å². The maximum atomic E-state index is 12.7. The SMILES string of the molecule is CCN(CC)S(=O)(=O)N1CCC[C@@H]1C(=O)N1CCSCC1. The van der Waals surface area contributed by atoms with Gasteiger partial charge in [0.05, 0.1) is 0 Å². The molecule has 2 heterocycles. The van der Waals surface area contributed by atoms with Crippen molar-refractivity contribution in [2.24, 2.45) is 0 Å². The van der Waals surface area contributed by atoms with E-state index in [0.29, 0.717) is 26.1 Å². The molecular formula is C13H25N3O3S2. The number of hydrogen-bond acceptors (Lipinski definition) is 4. The fraction of sp³-hybridized carbons (Fsp3) is 0.923. The van der Waals surface area contributed by atoms with Gasteiger partial charge in [-0.1, -0.05) is 13.8 Å². The van der Waals surface area contributed by atoms with Crippen molar-refractivity contribution in [3.8, 4) is 0 Å². The van der Waals surface area contributed by atoms with Crippen LogP contribution in [0.1, 0.15) is 26.7 Å². The number of nitrogens with zero attached hydrogens (tertiary/aromatic N) is 3. The first kappa shape index (κ1) is 17.1. The van der Waals surface area contributed by atoms with Crippen LogP contribution >= 0.6 is 11.8 Å². The normalized spacial score (nSPS) is 24.7. The van der Waals surface area contributed by atoms with Crippen LogP contribution in [0.2, 0.25) is 0 Å². The second-order valence-electron chi connectivity index (χ2n) is 5.30. The van der Waals surface area contributed by atoms with Crippen LogP contribution in [0, 0.1) is 0 Å². The maximum absolute atomic E-state index is 12.7. The molecule has 0 radical (unpaired) electrons. The van der Waals surface area contributed by atoms with Gasteiger partial charge in [0.2, 0.25) is 5.91 Å². The third-order valence-electron chi connectivity index (χ3n) is 4.14. The molecule has 1 atom stereocenters. The highest BCUT2D eigenvalue weighted by Gasteiger charge is 2.42. The highest BCUT2D eigenvalue weighted by atomic mass is 32.2. The Labute approximate surface area is 132 Å². The van der Waals surface area contributed by atoms with Crippen molar-refractivity contribution in [3.05, 3.63) is 0 Å². The Morgan fingerprint density at radius 3 is 2.38 bits per heavy atom. The lowest BCUT2D eigenvalue weighted by atomic mass is 10.2. The molecule has 6 nitrogen and oxygen atoms in total. The molecule has 2 aliphatic heterocycles. The van der Waals surface area contributed by atoms with E-state index in [0.717, 1.165) is 31.0 Å². The Hall–Kier alpha value is -0.310. The van der Waals surface area contributed by atoms with E-state index in [1.54, 1.807) is 0 Å². The minimum absolute atomic E-state index is 0.0106. The van der Waals surface area contributed by atoms with Gasteiger partial charge in [0, 0.05) is 44.2 Å². The summed E-state index contributed by atoms with van der Waals surface area (Å²) in [6, 6.07) is -0.501. The number of carbonyl (C=O) groups is 1. The topological polar surface area (TPSA) is 60.9 Å². The van der Waals surface area contributed by atoms with Crippen LogP contribution in [0.3, 0.4) is 0 Å². The number of thioether (sulfide) groups is 1. The maximum Gasteiger partial charge on any atom is 0.282 e. The summed E-state index contributed by atoms with van der Waals surface area (Å²) >= 11 is 1.84. The van der Waals surface area contributed by atoms with Crippen molar-refractivity contribution in [2.45, 2.75) is 32.7 Å². The molecule has 0 aromatic rings. The molecule has 122 valence electrons. The zero-order valence-corrected chi connectivity index (χ0v) is 14.5. The molecule has 21 heavy (non-hydrogen) atoms. The zero-order valence-electron chi connectivity index (χ0n) is 12.8. The molecule has 2 rings (SSSR count). The van der Waals surface area contributed by atoms with Crippen LogP contribution < -0.4 is 0 Å². The van der Waals surface area contributed by atoms with E-state index < -0.39 is 16.3 Å². The second-order valence-corrected chi connectivity index (χ2v) is 8.40. The molecule has 0 saturated carbocycles.